The average molecular weight is 335 g/mol. The van der Waals surface area contributed by atoms with E-state index in [-0.39, 0.29) is 6.03 Å². The fourth-order valence-corrected chi connectivity index (χ4v) is 3.63. The van der Waals surface area contributed by atoms with Gasteiger partial charge in [-0.1, -0.05) is 6.42 Å². The van der Waals surface area contributed by atoms with Gasteiger partial charge < -0.3 is 19.9 Å². The lowest BCUT2D eigenvalue weighted by Gasteiger charge is -2.29. The summed E-state index contributed by atoms with van der Waals surface area (Å²) in [5, 5.41) is 2.78. The number of carbonyl (C=O) groups excluding carboxylic acids is 1. The molecule has 1 aromatic rings. The predicted octanol–water partition coefficient (Wildman–Crippen LogP) is 3.17. The number of likely N-dealkylation sites (tertiary alicyclic amines) is 2. The van der Waals surface area contributed by atoms with E-state index in [0.29, 0.717) is 17.4 Å². The summed E-state index contributed by atoms with van der Waals surface area (Å²) in [4.78, 5) is 16.7. The normalized spacial score (nSPS) is 21.8. The molecule has 1 unspecified atom stereocenters. The van der Waals surface area contributed by atoms with E-state index in [1.165, 1.54) is 51.6 Å². The van der Waals surface area contributed by atoms with Crippen molar-refractivity contribution < 1.29 is 13.9 Å². The number of nitrogens with one attached hydrogen (secondary N) is 1. The number of benzene rings is 1. The molecule has 2 fully saturated rings. The molecule has 6 heteroatoms. The average Bonchev–Trinajstić information content (AvgIpc) is 3.04. The van der Waals surface area contributed by atoms with E-state index < -0.39 is 5.82 Å². The van der Waals surface area contributed by atoms with E-state index in [2.05, 4.69) is 10.2 Å². The zero-order valence-electron chi connectivity index (χ0n) is 14.3. The summed E-state index contributed by atoms with van der Waals surface area (Å²) in [5.41, 5.74) is 0.427. The molecule has 132 valence electrons. The van der Waals surface area contributed by atoms with Crippen LogP contribution in [0.1, 0.15) is 25.7 Å². The van der Waals surface area contributed by atoms with Crippen LogP contribution in [0.4, 0.5) is 14.9 Å². The van der Waals surface area contributed by atoms with Crippen LogP contribution in [-0.4, -0.2) is 55.7 Å². The quantitative estimate of drug-likeness (QED) is 0.919. The van der Waals surface area contributed by atoms with Gasteiger partial charge in [0.25, 0.3) is 0 Å². The minimum atomic E-state index is -0.422. The first-order chi connectivity index (χ1) is 11.6. The minimum absolute atomic E-state index is 0.163. The van der Waals surface area contributed by atoms with Gasteiger partial charge >= 0.3 is 6.03 Å². The lowest BCUT2D eigenvalue weighted by atomic mass is 10.1. The van der Waals surface area contributed by atoms with Crippen molar-refractivity contribution in [2.24, 2.45) is 5.92 Å². The second kappa shape index (κ2) is 7.83. The van der Waals surface area contributed by atoms with Gasteiger partial charge in [0.15, 0.2) is 0 Å². The van der Waals surface area contributed by atoms with Crippen LogP contribution in [0, 0.1) is 11.7 Å². The molecule has 1 N–H and O–H groups in total. The lowest BCUT2D eigenvalue weighted by molar-refractivity contribution is 0.192. The highest BCUT2D eigenvalue weighted by atomic mass is 19.1. The van der Waals surface area contributed by atoms with Crippen molar-refractivity contribution in [2.75, 3.05) is 45.2 Å². The Balaban J connectivity index is 1.51. The number of rotatable bonds is 4. The number of urea groups is 1. The molecule has 1 aromatic carbocycles. The number of halogens is 1. The molecule has 0 bridgehead atoms. The first-order valence-corrected chi connectivity index (χ1v) is 8.77. The van der Waals surface area contributed by atoms with Crippen molar-refractivity contribution >= 4 is 11.7 Å². The highest BCUT2D eigenvalue weighted by Crippen LogP contribution is 2.23. The van der Waals surface area contributed by atoms with Crippen molar-refractivity contribution in [3.63, 3.8) is 0 Å². The summed E-state index contributed by atoms with van der Waals surface area (Å²) in [6, 6.07) is 4.06. The number of nitrogens with zero attached hydrogens (tertiary/aromatic N) is 2. The van der Waals surface area contributed by atoms with Crippen molar-refractivity contribution in [1.82, 2.24) is 9.80 Å². The molecule has 5 nitrogen and oxygen atoms in total. The van der Waals surface area contributed by atoms with Crippen LogP contribution in [0.25, 0.3) is 0 Å². The van der Waals surface area contributed by atoms with Crippen LogP contribution in [-0.2, 0) is 0 Å². The summed E-state index contributed by atoms with van der Waals surface area (Å²) < 4.78 is 18.5. The van der Waals surface area contributed by atoms with Crippen LogP contribution < -0.4 is 10.1 Å². The van der Waals surface area contributed by atoms with Crippen molar-refractivity contribution in [3.8, 4) is 5.75 Å². The number of hydrogen-bond acceptors (Lipinski definition) is 3. The van der Waals surface area contributed by atoms with Gasteiger partial charge in [0.05, 0.1) is 7.11 Å². The van der Waals surface area contributed by atoms with Gasteiger partial charge in [-0.2, -0.15) is 0 Å². The second-order valence-corrected chi connectivity index (χ2v) is 6.77. The first kappa shape index (κ1) is 17.0. The zero-order valence-corrected chi connectivity index (χ0v) is 14.3. The number of methoxy groups -OCH3 is 1. The Kier molecular flexibility index (Phi) is 5.56. The van der Waals surface area contributed by atoms with Gasteiger partial charge in [0, 0.05) is 37.5 Å². The molecule has 2 amide bonds. The topological polar surface area (TPSA) is 44.8 Å². The summed E-state index contributed by atoms with van der Waals surface area (Å²) in [7, 11) is 1.48. The van der Waals surface area contributed by atoms with Gasteiger partial charge in [-0.05, 0) is 44.3 Å². The third-order valence-electron chi connectivity index (χ3n) is 4.90. The standard InChI is InChI=1S/C18H26FN3O2/c1-24-17-10-15(19)9-16(11-17)20-18(23)22-8-5-14(13-22)12-21-6-3-2-4-7-21/h9-11,14H,2-8,12-13H2,1H3,(H,20,23). The molecule has 3 rings (SSSR count). The molecule has 1 atom stereocenters. The molecule has 0 saturated carbocycles. The fourth-order valence-electron chi connectivity index (χ4n) is 3.63. The molecule has 24 heavy (non-hydrogen) atoms. The summed E-state index contributed by atoms with van der Waals surface area (Å²) in [6.07, 6.45) is 4.96. The van der Waals surface area contributed by atoms with Gasteiger partial charge in [-0.3, -0.25) is 0 Å². The Morgan fingerprint density at radius 2 is 2.04 bits per heavy atom. The third kappa shape index (κ3) is 4.38. The molecule has 0 aromatic heterocycles. The highest BCUT2D eigenvalue weighted by Gasteiger charge is 2.28. The molecule has 2 saturated heterocycles. The third-order valence-corrected chi connectivity index (χ3v) is 4.90. The highest BCUT2D eigenvalue weighted by molar-refractivity contribution is 5.89. The number of amides is 2. The van der Waals surface area contributed by atoms with Gasteiger partial charge in [0.1, 0.15) is 11.6 Å². The lowest BCUT2D eigenvalue weighted by Crippen LogP contribution is -2.37. The summed E-state index contributed by atoms with van der Waals surface area (Å²) >= 11 is 0. The largest absolute Gasteiger partial charge is 0.497 e. The predicted molar refractivity (Wildman–Crippen MR) is 91.9 cm³/mol. The van der Waals surface area contributed by atoms with Crippen LogP contribution in [0.3, 0.4) is 0 Å². The smallest absolute Gasteiger partial charge is 0.321 e. The van der Waals surface area contributed by atoms with Gasteiger partial charge in [-0.25, -0.2) is 9.18 Å². The second-order valence-electron chi connectivity index (χ2n) is 6.77. The summed E-state index contributed by atoms with van der Waals surface area (Å²) in [6.45, 7) is 4.99. The van der Waals surface area contributed by atoms with E-state index in [1.807, 2.05) is 4.90 Å². The van der Waals surface area contributed by atoms with Crippen LogP contribution in [0.5, 0.6) is 5.75 Å². The number of hydrogen-bond donors (Lipinski definition) is 1. The van der Waals surface area contributed by atoms with Crippen LogP contribution in [0.2, 0.25) is 0 Å². The number of ether oxygens (including phenoxy) is 1. The molecule has 0 spiro atoms. The zero-order chi connectivity index (χ0) is 16.9. The van der Waals surface area contributed by atoms with Crippen LogP contribution >= 0.6 is 0 Å². The maximum Gasteiger partial charge on any atom is 0.321 e. The molecule has 0 aliphatic carbocycles. The molecule has 2 aliphatic heterocycles. The fraction of sp³-hybridized carbons (Fsp3) is 0.611. The minimum Gasteiger partial charge on any atom is -0.497 e. The monoisotopic (exact) mass is 335 g/mol. The number of piperidine rings is 1. The van der Waals surface area contributed by atoms with Crippen LogP contribution in [0.15, 0.2) is 18.2 Å². The van der Waals surface area contributed by atoms with Gasteiger partial charge in [-0.15, -0.1) is 0 Å². The first-order valence-electron chi connectivity index (χ1n) is 8.77. The SMILES string of the molecule is COc1cc(F)cc(NC(=O)N2CCC(CN3CCCCC3)C2)c1. The molecular formula is C18H26FN3O2. The van der Waals surface area contributed by atoms with Crippen molar-refractivity contribution in [1.29, 1.82) is 0 Å². The van der Waals surface area contributed by atoms with Crippen molar-refractivity contribution in [2.45, 2.75) is 25.7 Å². The van der Waals surface area contributed by atoms with E-state index in [4.69, 9.17) is 4.74 Å². The van der Waals surface area contributed by atoms with Crippen molar-refractivity contribution in [3.05, 3.63) is 24.0 Å². The van der Waals surface area contributed by atoms with E-state index in [9.17, 15) is 9.18 Å². The maximum absolute atomic E-state index is 13.5. The Labute approximate surface area is 142 Å². The van der Waals surface area contributed by atoms with E-state index in [0.717, 1.165) is 26.1 Å². The van der Waals surface area contributed by atoms with E-state index >= 15 is 0 Å². The molecular weight excluding hydrogens is 309 g/mol. The Bertz CT molecular complexity index is 575. The number of anilines is 1. The Morgan fingerprint density at radius 3 is 2.79 bits per heavy atom. The summed E-state index contributed by atoms with van der Waals surface area (Å²) in [5.74, 6) is 0.514. The maximum atomic E-state index is 13.5. The number of carbonyl (C=O) groups is 1. The van der Waals surface area contributed by atoms with Gasteiger partial charge in [0.2, 0.25) is 0 Å². The Hall–Kier alpha value is -1.82. The Morgan fingerprint density at radius 1 is 1.25 bits per heavy atom. The molecule has 0 radical (unpaired) electrons. The molecule has 2 aliphatic rings. The van der Waals surface area contributed by atoms with E-state index in [1.54, 1.807) is 6.07 Å². The molecule has 2 heterocycles.